The molecule has 0 atom stereocenters. The van der Waals surface area contributed by atoms with Crippen molar-refractivity contribution in [2.24, 2.45) is 0 Å². The van der Waals surface area contributed by atoms with Gasteiger partial charge in [0.25, 0.3) is 0 Å². The minimum Gasteiger partial charge on any atom is -0.309 e. The Morgan fingerprint density at radius 1 is 1.11 bits per heavy atom. The van der Waals surface area contributed by atoms with Gasteiger partial charge in [0, 0.05) is 6.54 Å². The van der Waals surface area contributed by atoms with E-state index in [0.29, 0.717) is 6.54 Å². The van der Waals surface area contributed by atoms with Crippen molar-refractivity contribution in [3.05, 3.63) is 59.4 Å². The second-order valence-electron chi connectivity index (χ2n) is 6.92. The number of carbonyl (C=O) groups excluding carboxylic acids is 1. The molecule has 0 bridgehead atoms. The second kappa shape index (κ2) is 8.59. The van der Waals surface area contributed by atoms with Crippen molar-refractivity contribution in [2.45, 2.75) is 19.8 Å². The number of carbonyl (C=O) groups is 1. The lowest BCUT2D eigenvalue weighted by Gasteiger charge is -2.21. The van der Waals surface area contributed by atoms with Gasteiger partial charge in [-0.3, -0.25) is 9.69 Å². The summed E-state index contributed by atoms with van der Waals surface area (Å²) >= 11 is 1.54. The third-order valence-corrected chi connectivity index (χ3v) is 5.44. The molecule has 2 aromatic carbocycles. The second-order valence-corrected chi connectivity index (χ2v) is 7.93. The van der Waals surface area contributed by atoms with Crippen LogP contribution in [0.15, 0.2) is 42.5 Å². The van der Waals surface area contributed by atoms with Crippen LogP contribution in [0.1, 0.15) is 17.5 Å². The van der Waals surface area contributed by atoms with E-state index >= 15 is 0 Å². The molecule has 0 saturated heterocycles. The van der Waals surface area contributed by atoms with Crippen molar-refractivity contribution >= 4 is 32.6 Å². The molecule has 0 aliphatic carbocycles. The van der Waals surface area contributed by atoms with Gasteiger partial charge in [0.05, 0.1) is 16.6 Å². The summed E-state index contributed by atoms with van der Waals surface area (Å²) in [6.45, 7) is 3.53. The molecule has 1 amide bonds. The summed E-state index contributed by atoms with van der Waals surface area (Å²) in [4.78, 5) is 21.6. The first-order valence-electron chi connectivity index (χ1n) is 9.00. The molecule has 0 saturated carbocycles. The maximum absolute atomic E-state index is 13.1. The SMILES string of the molecule is Cc1cccc2sc(N(CCCN(C)C)C(=O)Cc3ccc(F)cc3)nc12. The summed E-state index contributed by atoms with van der Waals surface area (Å²) < 4.78 is 14.2. The number of para-hydroxylation sites is 1. The van der Waals surface area contributed by atoms with E-state index in [9.17, 15) is 9.18 Å². The zero-order valence-corrected chi connectivity index (χ0v) is 16.7. The summed E-state index contributed by atoms with van der Waals surface area (Å²) in [5, 5.41) is 0.727. The van der Waals surface area contributed by atoms with Gasteiger partial charge in [-0.1, -0.05) is 35.6 Å². The van der Waals surface area contributed by atoms with Gasteiger partial charge in [-0.15, -0.1) is 0 Å². The molecule has 1 aromatic heterocycles. The lowest BCUT2D eigenvalue weighted by Crippen LogP contribution is -2.34. The Morgan fingerprint density at radius 2 is 1.85 bits per heavy atom. The highest BCUT2D eigenvalue weighted by molar-refractivity contribution is 7.22. The molecule has 3 aromatic rings. The quantitative estimate of drug-likeness (QED) is 0.609. The lowest BCUT2D eigenvalue weighted by atomic mass is 10.1. The molecule has 27 heavy (non-hydrogen) atoms. The third kappa shape index (κ3) is 4.90. The predicted octanol–water partition coefficient (Wildman–Crippen LogP) is 4.27. The maximum Gasteiger partial charge on any atom is 0.233 e. The molecule has 4 nitrogen and oxygen atoms in total. The van der Waals surface area contributed by atoms with Crippen molar-refractivity contribution in [1.29, 1.82) is 0 Å². The molecule has 0 radical (unpaired) electrons. The summed E-state index contributed by atoms with van der Waals surface area (Å²) in [5.41, 5.74) is 2.86. The van der Waals surface area contributed by atoms with Gasteiger partial charge >= 0.3 is 0 Å². The number of rotatable bonds is 7. The number of fused-ring (bicyclic) bond motifs is 1. The first kappa shape index (κ1) is 19.5. The number of benzene rings is 2. The van der Waals surface area contributed by atoms with Gasteiger partial charge in [-0.2, -0.15) is 0 Å². The van der Waals surface area contributed by atoms with Crippen LogP contribution in [0, 0.1) is 12.7 Å². The third-order valence-electron chi connectivity index (χ3n) is 4.40. The number of hydrogen-bond acceptors (Lipinski definition) is 4. The minimum atomic E-state index is -0.296. The van der Waals surface area contributed by atoms with E-state index in [1.807, 2.05) is 39.2 Å². The number of halogens is 1. The lowest BCUT2D eigenvalue weighted by molar-refractivity contribution is -0.118. The Kier molecular flexibility index (Phi) is 6.19. The van der Waals surface area contributed by atoms with Crippen LogP contribution in [0.3, 0.4) is 0 Å². The molecule has 1 heterocycles. The molecule has 6 heteroatoms. The fourth-order valence-electron chi connectivity index (χ4n) is 2.93. The molecule has 3 rings (SSSR count). The summed E-state index contributed by atoms with van der Waals surface area (Å²) in [6, 6.07) is 12.2. The standard InChI is InChI=1S/C21H24FN3OS/c1-15-6-4-7-18-20(15)23-21(27-18)25(13-5-12-24(2)3)19(26)14-16-8-10-17(22)11-9-16/h4,6-11H,5,12-14H2,1-3H3. The normalized spacial score (nSPS) is 11.3. The predicted molar refractivity (Wildman–Crippen MR) is 110 cm³/mol. The molecule has 0 spiro atoms. The fourth-order valence-corrected chi connectivity index (χ4v) is 4.02. The van der Waals surface area contributed by atoms with Crippen LogP contribution in [0.2, 0.25) is 0 Å². The molecule has 142 valence electrons. The van der Waals surface area contributed by atoms with Gasteiger partial charge in [0.15, 0.2) is 5.13 Å². The zero-order valence-electron chi connectivity index (χ0n) is 15.9. The van der Waals surface area contributed by atoms with Crippen LogP contribution < -0.4 is 4.90 Å². The number of thiazole rings is 1. The van der Waals surface area contributed by atoms with Crippen LogP contribution in [0.25, 0.3) is 10.2 Å². The van der Waals surface area contributed by atoms with Gasteiger partial charge < -0.3 is 4.90 Å². The average Bonchev–Trinajstić information content (AvgIpc) is 3.05. The Hall–Kier alpha value is -2.31. The monoisotopic (exact) mass is 385 g/mol. The Bertz CT molecular complexity index is 921. The van der Waals surface area contributed by atoms with E-state index < -0.39 is 0 Å². The first-order valence-corrected chi connectivity index (χ1v) is 9.81. The van der Waals surface area contributed by atoms with Crippen molar-refractivity contribution in [1.82, 2.24) is 9.88 Å². The topological polar surface area (TPSA) is 36.4 Å². The highest BCUT2D eigenvalue weighted by Gasteiger charge is 2.20. The van der Waals surface area contributed by atoms with Gasteiger partial charge in [0.2, 0.25) is 5.91 Å². The number of nitrogens with zero attached hydrogens (tertiary/aromatic N) is 3. The van der Waals surface area contributed by atoms with Crippen LogP contribution >= 0.6 is 11.3 Å². The smallest absolute Gasteiger partial charge is 0.233 e. The summed E-state index contributed by atoms with van der Waals surface area (Å²) in [7, 11) is 4.04. The van der Waals surface area contributed by atoms with E-state index in [0.717, 1.165) is 39.4 Å². The van der Waals surface area contributed by atoms with Crippen LogP contribution in [0.5, 0.6) is 0 Å². The van der Waals surface area contributed by atoms with Crippen molar-refractivity contribution < 1.29 is 9.18 Å². The Morgan fingerprint density at radius 3 is 2.52 bits per heavy atom. The van der Waals surface area contributed by atoms with Crippen molar-refractivity contribution in [2.75, 3.05) is 32.1 Å². The first-order chi connectivity index (χ1) is 12.9. The Balaban J connectivity index is 1.85. The molecule has 0 unspecified atom stereocenters. The van der Waals surface area contributed by atoms with Crippen molar-refractivity contribution in [3.63, 3.8) is 0 Å². The molecular weight excluding hydrogens is 361 g/mol. The van der Waals surface area contributed by atoms with Crippen LogP contribution in [-0.2, 0) is 11.2 Å². The van der Waals surface area contributed by atoms with Gasteiger partial charge in [0.1, 0.15) is 5.82 Å². The molecular formula is C21H24FN3OS. The number of aromatic nitrogens is 1. The highest BCUT2D eigenvalue weighted by Crippen LogP contribution is 2.31. The number of anilines is 1. The van der Waals surface area contributed by atoms with E-state index in [4.69, 9.17) is 4.98 Å². The summed E-state index contributed by atoms with van der Waals surface area (Å²) in [5.74, 6) is -0.312. The van der Waals surface area contributed by atoms with E-state index in [2.05, 4.69) is 4.90 Å². The van der Waals surface area contributed by atoms with E-state index in [1.54, 1.807) is 28.4 Å². The minimum absolute atomic E-state index is 0.0166. The Labute approximate surface area is 163 Å². The van der Waals surface area contributed by atoms with E-state index in [1.165, 1.54) is 12.1 Å². The highest BCUT2D eigenvalue weighted by atomic mass is 32.1. The average molecular weight is 386 g/mol. The van der Waals surface area contributed by atoms with Crippen LogP contribution in [0.4, 0.5) is 9.52 Å². The van der Waals surface area contributed by atoms with E-state index in [-0.39, 0.29) is 18.1 Å². The summed E-state index contributed by atoms with van der Waals surface area (Å²) in [6.07, 6.45) is 1.09. The largest absolute Gasteiger partial charge is 0.309 e. The number of hydrogen-bond donors (Lipinski definition) is 0. The molecule has 0 fully saturated rings. The van der Waals surface area contributed by atoms with Gasteiger partial charge in [-0.05, 0) is 63.3 Å². The van der Waals surface area contributed by atoms with Crippen molar-refractivity contribution in [3.8, 4) is 0 Å². The maximum atomic E-state index is 13.1. The molecule has 0 aliphatic rings. The zero-order chi connectivity index (χ0) is 19.4. The van der Waals surface area contributed by atoms with Crippen LogP contribution in [-0.4, -0.2) is 43.0 Å². The number of amides is 1. The molecule has 0 N–H and O–H groups in total. The van der Waals surface area contributed by atoms with Gasteiger partial charge in [-0.25, -0.2) is 9.37 Å². The molecule has 0 aliphatic heterocycles. The number of aryl methyl sites for hydroxylation is 1. The fraction of sp³-hybridized carbons (Fsp3) is 0.333.